The van der Waals surface area contributed by atoms with Crippen LogP contribution in [0.15, 0.2) is 82.5 Å². The van der Waals surface area contributed by atoms with E-state index >= 15 is 0 Å². The number of non-ortho nitro benzene ring substituents is 1. The van der Waals surface area contributed by atoms with Crippen LogP contribution in [0.1, 0.15) is 11.1 Å². The number of nitrogens with zero attached hydrogens (tertiary/aromatic N) is 4. The highest BCUT2D eigenvalue weighted by molar-refractivity contribution is 5.73. The molecule has 2 heterocycles. The Morgan fingerprint density at radius 3 is 2.38 bits per heavy atom. The Hall–Kier alpha value is -4.11. The summed E-state index contributed by atoms with van der Waals surface area (Å²) in [5.74, 6) is 0. The number of pyridine rings is 1. The van der Waals surface area contributed by atoms with Gasteiger partial charge in [-0.25, -0.2) is 9.78 Å². The van der Waals surface area contributed by atoms with Crippen LogP contribution in [0.3, 0.4) is 0 Å². The van der Waals surface area contributed by atoms with E-state index in [2.05, 4.69) is 4.98 Å². The molecular formula is C23H20N4O5. The fourth-order valence-electron chi connectivity index (χ4n) is 3.41. The number of nitro benzene ring substituents is 1. The van der Waals surface area contributed by atoms with Crippen LogP contribution in [0.4, 0.5) is 5.69 Å². The number of aromatic nitrogens is 3. The molecule has 0 bridgehead atoms. The Bertz CT molecular complexity index is 1360. The van der Waals surface area contributed by atoms with Gasteiger partial charge in [0.05, 0.1) is 36.6 Å². The lowest BCUT2D eigenvalue weighted by Crippen LogP contribution is -2.41. The highest BCUT2D eigenvalue weighted by atomic mass is 16.6. The number of ether oxygens (including phenoxy) is 1. The van der Waals surface area contributed by atoms with Crippen molar-refractivity contribution in [3.05, 3.63) is 115 Å². The molecule has 0 aliphatic rings. The topological polar surface area (TPSA) is 109 Å². The minimum Gasteiger partial charge on any atom is -0.375 e. The molecule has 0 saturated carbocycles. The number of nitro groups is 1. The number of fused-ring (bicyclic) bond motifs is 1. The van der Waals surface area contributed by atoms with Crippen molar-refractivity contribution in [2.24, 2.45) is 0 Å². The van der Waals surface area contributed by atoms with E-state index < -0.39 is 16.2 Å². The summed E-state index contributed by atoms with van der Waals surface area (Å²) in [6.07, 6.45) is 1.51. The molecule has 0 aliphatic heterocycles. The fourth-order valence-corrected chi connectivity index (χ4v) is 3.41. The second kappa shape index (κ2) is 9.36. The number of hydrogen-bond acceptors (Lipinski definition) is 6. The molecule has 0 aliphatic carbocycles. The summed E-state index contributed by atoms with van der Waals surface area (Å²) >= 11 is 0. The van der Waals surface area contributed by atoms with Gasteiger partial charge in [0.2, 0.25) is 0 Å². The maximum absolute atomic E-state index is 13.2. The molecule has 0 radical (unpaired) electrons. The molecule has 32 heavy (non-hydrogen) atoms. The Labute approximate surface area is 182 Å². The fraction of sp³-hybridized carbons (Fsp3) is 0.174. The van der Waals surface area contributed by atoms with Gasteiger partial charge in [0, 0.05) is 18.3 Å². The van der Waals surface area contributed by atoms with Crippen molar-refractivity contribution >= 4 is 16.7 Å². The van der Waals surface area contributed by atoms with Crippen LogP contribution in [0.2, 0.25) is 0 Å². The summed E-state index contributed by atoms with van der Waals surface area (Å²) in [7, 11) is 0. The molecule has 9 nitrogen and oxygen atoms in total. The van der Waals surface area contributed by atoms with E-state index in [4.69, 9.17) is 4.74 Å². The van der Waals surface area contributed by atoms with Crippen molar-refractivity contribution in [2.75, 3.05) is 6.61 Å². The van der Waals surface area contributed by atoms with Gasteiger partial charge < -0.3 is 4.74 Å². The lowest BCUT2D eigenvalue weighted by Gasteiger charge is -2.13. The highest BCUT2D eigenvalue weighted by Gasteiger charge is 2.15. The Morgan fingerprint density at radius 2 is 1.66 bits per heavy atom. The van der Waals surface area contributed by atoms with E-state index in [0.717, 1.165) is 10.1 Å². The molecule has 162 valence electrons. The van der Waals surface area contributed by atoms with Crippen LogP contribution in [0.5, 0.6) is 0 Å². The van der Waals surface area contributed by atoms with Gasteiger partial charge >= 0.3 is 5.69 Å². The van der Waals surface area contributed by atoms with Gasteiger partial charge in [-0.05, 0) is 23.3 Å². The molecule has 4 rings (SSSR count). The van der Waals surface area contributed by atoms with Gasteiger partial charge in [-0.1, -0.05) is 42.5 Å². The lowest BCUT2D eigenvalue weighted by molar-refractivity contribution is -0.384. The average molecular weight is 432 g/mol. The van der Waals surface area contributed by atoms with Crippen molar-refractivity contribution in [1.29, 1.82) is 0 Å². The van der Waals surface area contributed by atoms with Crippen molar-refractivity contribution in [2.45, 2.75) is 19.7 Å². The summed E-state index contributed by atoms with van der Waals surface area (Å²) < 4.78 is 8.19. The second-order valence-electron chi connectivity index (χ2n) is 7.16. The van der Waals surface area contributed by atoms with E-state index in [1.54, 1.807) is 24.3 Å². The summed E-state index contributed by atoms with van der Waals surface area (Å²) in [5, 5.41) is 11.2. The summed E-state index contributed by atoms with van der Waals surface area (Å²) in [5.41, 5.74) is 0.962. The quantitative estimate of drug-likeness (QED) is 0.241. The van der Waals surface area contributed by atoms with Gasteiger partial charge in [-0.15, -0.1) is 0 Å². The molecule has 4 aromatic rings. The van der Waals surface area contributed by atoms with Crippen molar-refractivity contribution < 1.29 is 9.66 Å². The molecule has 2 aromatic carbocycles. The molecule has 0 spiro atoms. The van der Waals surface area contributed by atoms with E-state index in [1.807, 2.05) is 30.3 Å². The molecular weight excluding hydrogens is 412 g/mol. The van der Waals surface area contributed by atoms with Crippen LogP contribution < -0.4 is 11.2 Å². The first-order valence-electron chi connectivity index (χ1n) is 9.98. The molecule has 0 unspecified atom stereocenters. The predicted octanol–water partition coefficient (Wildman–Crippen LogP) is 2.73. The molecule has 9 heteroatoms. The first kappa shape index (κ1) is 21.1. The molecule has 0 N–H and O–H groups in total. The largest absolute Gasteiger partial charge is 0.375 e. The maximum Gasteiger partial charge on any atom is 0.333 e. The Morgan fingerprint density at radius 1 is 0.906 bits per heavy atom. The molecule has 0 fully saturated rings. The molecule has 0 atom stereocenters. The normalized spacial score (nSPS) is 11.0. The van der Waals surface area contributed by atoms with E-state index in [0.29, 0.717) is 17.6 Å². The van der Waals surface area contributed by atoms with Gasteiger partial charge in [0.15, 0.2) is 0 Å². The Kier molecular flexibility index (Phi) is 6.18. The minimum atomic E-state index is -0.511. The maximum atomic E-state index is 13.2. The number of rotatable bonds is 8. The first-order valence-corrected chi connectivity index (χ1v) is 9.98. The standard InChI is InChI=1S/C23H20N4O5/c28-22-20-7-4-12-24-21(20)26(15-17-8-10-19(11-9-17)27(30)31)23(29)25(22)13-14-32-16-18-5-2-1-3-6-18/h1-12H,13-16H2. The first-order chi connectivity index (χ1) is 15.5. The van der Waals surface area contributed by atoms with E-state index in [-0.39, 0.29) is 31.0 Å². The zero-order chi connectivity index (χ0) is 22.5. The number of benzene rings is 2. The summed E-state index contributed by atoms with van der Waals surface area (Å²) in [6.45, 7) is 0.778. The third-order valence-corrected chi connectivity index (χ3v) is 5.04. The zero-order valence-corrected chi connectivity index (χ0v) is 17.1. The minimum absolute atomic E-state index is 0.0374. The third-order valence-electron chi connectivity index (χ3n) is 5.04. The van der Waals surface area contributed by atoms with Gasteiger partial charge in [0.25, 0.3) is 11.2 Å². The third kappa shape index (κ3) is 4.47. The van der Waals surface area contributed by atoms with E-state index in [1.165, 1.54) is 22.9 Å². The van der Waals surface area contributed by atoms with Crippen molar-refractivity contribution in [3.63, 3.8) is 0 Å². The van der Waals surface area contributed by atoms with E-state index in [9.17, 15) is 19.7 Å². The van der Waals surface area contributed by atoms with Crippen molar-refractivity contribution in [1.82, 2.24) is 14.1 Å². The predicted molar refractivity (Wildman–Crippen MR) is 119 cm³/mol. The van der Waals surface area contributed by atoms with Gasteiger partial charge in [0.1, 0.15) is 5.65 Å². The van der Waals surface area contributed by atoms with Crippen LogP contribution in [0, 0.1) is 10.1 Å². The smallest absolute Gasteiger partial charge is 0.333 e. The zero-order valence-electron chi connectivity index (χ0n) is 17.1. The summed E-state index contributed by atoms with van der Waals surface area (Å²) in [6, 6.07) is 18.8. The molecule has 0 saturated heterocycles. The molecule has 2 aromatic heterocycles. The van der Waals surface area contributed by atoms with Crippen LogP contribution in [0.25, 0.3) is 11.0 Å². The van der Waals surface area contributed by atoms with Crippen molar-refractivity contribution in [3.8, 4) is 0 Å². The number of hydrogen-bond donors (Lipinski definition) is 0. The van der Waals surface area contributed by atoms with Crippen LogP contribution >= 0.6 is 0 Å². The second-order valence-corrected chi connectivity index (χ2v) is 7.16. The van der Waals surface area contributed by atoms with Gasteiger partial charge in [-0.2, -0.15) is 0 Å². The summed E-state index contributed by atoms with van der Waals surface area (Å²) in [4.78, 5) is 40.7. The monoisotopic (exact) mass is 432 g/mol. The highest BCUT2D eigenvalue weighted by Crippen LogP contribution is 2.14. The Balaban J connectivity index is 1.62. The van der Waals surface area contributed by atoms with Crippen LogP contribution in [-0.2, 0) is 24.4 Å². The lowest BCUT2D eigenvalue weighted by atomic mass is 10.2. The molecule has 0 amide bonds. The average Bonchev–Trinajstić information content (AvgIpc) is 2.82. The van der Waals surface area contributed by atoms with Crippen LogP contribution in [-0.4, -0.2) is 25.6 Å². The SMILES string of the molecule is O=c1c2cccnc2n(Cc2ccc([N+](=O)[O-])cc2)c(=O)n1CCOCc1ccccc1. The van der Waals surface area contributed by atoms with Gasteiger partial charge in [-0.3, -0.25) is 24.0 Å².